The zero-order valence-electron chi connectivity index (χ0n) is 17.2. The van der Waals surface area contributed by atoms with E-state index in [4.69, 9.17) is 11.5 Å². The van der Waals surface area contributed by atoms with E-state index in [1.165, 1.54) is 12.1 Å². The van der Waals surface area contributed by atoms with E-state index < -0.39 is 35.9 Å². The number of rotatable bonds is 14. The molecular formula is C20H32N4O5S. The number of phenolic OH excluding ortho intramolecular Hbond substituents is 1. The van der Waals surface area contributed by atoms with Gasteiger partial charge in [0.05, 0.1) is 6.04 Å². The number of thioether (sulfide) groups is 1. The van der Waals surface area contributed by atoms with Gasteiger partial charge in [-0.1, -0.05) is 12.1 Å². The van der Waals surface area contributed by atoms with Gasteiger partial charge in [-0.15, -0.1) is 0 Å². The van der Waals surface area contributed by atoms with Crippen LogP contribution < -0.4 is 22.1 Å². The predicted octanol–water partition coefficient (Wildman–Crippen LogP) is 0.198. The molecule has 3 unspecified atom stereocenters. The van der Waals surface area contributed by atoms with E-state index in [0.717, 1.165) is 0 Å². The van der Waals surface area contributed by atoms with E-state index in [0.29, 0.717) is 37.1 Å². The van der Waals surface area contributed by atoms with Crippen LogP contribution in [-0.4, -0.2) is 64.7 Å². The van der Waals surface area contributed by atoms with Crippen LogP contribution in [0.25, 0.3) is 0 Å². The number of nitrogens with two attached hydrogens (primary N) is 2. The highest BCUT2D eigenvalue weighted by atomic mass is 32.2. The molecule has 0 aliphatic carbocycles. The van der Waals surface area contributed by atoms with Gasteiger partial charge in [-0.3, -0.25) is 9.59 Å². The average molecular weight is 441 g/mol. The SMILES string of the molecule is CSCCC(N)C(=O)NC(Cc1ccc(O)cc1)C(=O)NC(CCCCN)C(=O)O. The normalized spacial score (nSPS) is 13.8. The number of nitrogens with one attached hydrogen (secondary N) is 2. The molecule has 1 aromatic carbocycles. The lowest BCUT2D eigenvalue weighted by atomic mass is 10.0. The van der Waals surface area contributed by atoms with Gasteiger partial charge in [0.2, 0.25) is 11.8 Å². The highest BCUT2D eigenvalue weighted by molar-refractivity contribution is 7.98. The van der Waals surface area contributed by atoms with Crippen molar-refractivity contribution in [2.24, 2.45) is 11.5 Å². The molecule has 3 atom stereocenters. The van der Waals surface area contributed by atoms with Gasteiger partial charge in [-0.2, -0.15) is 11.8 Å². The lowest BCUT2D eigenvalue weighted by Crippen LogP contribution is -2.55. The molecular weight excluding hydrogens is 408 g/mol. The molecule has 0 aliphatic heterocycles. The molecule has 10 heteroatoms. The van der Waals surface area contributed by atoms with Crippen LogP contribution in [0.2, 0.25) is 0 Å². The molecule has 0 bridgehead atoms. The highest BCUT2D eigenvalue weighted by Crippen LogP contribution is 2.12. The van der Waals surface area contributed by atoms with Crippen LogP contribution in [0.5, 0.6) is 5.75 Å². The second-order valence-corrected chi connectivity index (χ2v) is 7.99. The first kappa shape index (κ1) is 25.7. The maximum Gasteiger partial charge on any atom is 0.326 e. The number of carboxylic acid groups (broad SMARTS) is 1. The van der Waals surface area contributed by atoms with E-state index >= 15 is 0 Å². The van der Waals surface area contributed by atoms with Crippen molar-refractivity contribution in [3.8, 4) is 5.75 Å². The van der Waals surface area contributed by atoms with E-state index in [1.807, 2.05) is 6.26 Å². The predicted molar refractivity (Wildman–Crippen MR) is 117 cm³/mol. The second-order valence-electron chi connectivity index (χ2n) is 7.00. The van der Waals surface area contributed by atoms with Crippen LogP contribution in [0.3, 0.4) is 0 Å². The number of benzene rings is 1. The number of hydrogen-bond acceptors (Lipinski definition) is 7. The Morgan fingerprint density at radius 2 is 1.67 bits per heavy atom. The summed E-state index contributed by atoms with van der Waals surface area (Å²) < 4.78 is 0. The zero-order valence-corrected chi connectivity index (χ0v) is 18.0. The van der Waals surface area contributed by atoms with Gasteiger partial charge >= 0.3 is 5.97 Å². The molecule has 30 heavy (non-hydrogen) atoms. The molecule has 0 aliphatic rings. The summed E-state index contributed by atoms with van der Waals surface area (Å²) in [6.45, 7) is 0.438. The topological polar surface area (TPSA) is 168 Å². The maximum absolute atomic E-state index is 12.8. The van der Waals surface area contributed by atoms with Gasteiger partial charge in [-0.05, 0) is 61.9 Å². The fourth-order valence-corrected chi connectivity index (χ4v) is 3.24. The fraction of sp³-hybridized carbons (Fsp3) is 0.550. The minimum absolute atomic E-state index is 0.0775. The number of unbranched alkanes of at least 4 members (excludes halogenated alkanes) is 1. The molecule has 0 spiro atoms. The van der Waals surface area contributed by atoms with Gasteiger partial charge in [0.15, 0.2) is 0 Å². The maximum atomic E-state index is 12.8. The van der Waals surface area contributed by atoms with Crippen molar-refractivity contribution in [2.75, 3.05) is 18.6 Å². The third-order valence-electron chi connectivity index (χ3n) is 4.54. The molecule has 8 N–H and O–H groups in total. The molecule has 0 heterocycles. The van der Waals surface area contributed by atoms with Crippen molar-refractivity contribution in [1.82, 2.24) is 10.6 Å². The van der Waals surface area contributed by atoms with E-state index in [1.54, 1.807) is 23.9 Å². The third-order valence-corrected chi connectivity index (χ3v) is 5.18. The number of aliphatic carboxylic acids is 1. The number of aromatic hydroxyl groups is 1. The number of carbonyl (C=O) groups is 3. The van der Waals surface area contributed by atoms with Gasteiger partial charge < -0.3 is 32.3 Å². The van der Waals surface area contributed by atoms with Gasteiger partial charge in [-0.25, -0.2) is 4.79 Å². The minimum atomic E-state index is -1.15. The first-order valence-corrected chi connectivity index (χ1v) is 11.2. The largest absolute Gasteiger partial charge is 0.508 e. The quantitative estimate of drug-likeness (QED) is 0.223. The van der Waals surface area contributed by atoms with Crippen LogP contribution in [0, 0.1) is 0 Å². The fourth-order valence-electron chi connectivity index (χ4n) is 2.75. The van der Waals surface area contributed by atoms with E-state index in [-0.39, 0.29) is 18.6 Å². The molecule has 0 aromatic heterocycles. The smallest absolute Gasteiger partial charge is 0.326 e. The summed E-state index contributed by atoms with van der Waals surface area (Å²) in [7, 11) is 0. The monoisotopic (exact) mass is 440 g/mol. The summed E-state index contributed by atoms with van der Waals surface area (Å²) >= 11 is 1.56. The molecule has 2 amide bonds. The summed E-state index contributed by atoms with van der Waals surface area (Å²) in [6.07, 6.45) is 3.94. The molecule has 0 saturated heterocycles. The highest BCUT2D eigenvalue weighted by Gasteiger charge is 2.28. The summed E-state index contributed by atoms with van der Waals surface area (Å²) in [5.74, 6) is -1.45. The first-order chi connectivity index (χ1) is 14.3. The van der Waals surface area contributed by atoms with Crippen molar-refractivity contribution in [2.45, 2.75) is 50.2 Å². The zero-order chi connectivity index (χ0) is 22.5. The lowest BCUT2D eigenvalue weighted by molar-refractivity contribution is -0.142. The summed E-state index contributed by atoms with van der Waals surface area (Å²) in [6, 6.07) is 3.36. The number of carbonyl (C=O) groups excluding carboxylic acids is 2. The summed E-state index contributed by atoms with van der Waals surface area (Å²) in [5, 5.41) is 24.0. The van der Waals surface area contributed by atoms with Crippen LogP contribution in [0.15, 0.2) is 24.3 Å². The molecule has 1 rings (SSSR count). The molecule has 9 nitrogen and oxygen atoms in total. The Bertz CT molecular complexity index is 686. The van der Waals surface area contributed by atoms with Crippen molar-refractivity contribution in [1.29, 1.82) is 0 Å². The second kappa shape index (κ2) is 13.8. The lowest BCUT2D eigenvalue weighted by Gasteiger charge is -2.23. The van der Waals surface area contributed by atoms with E-state index in [2.05, 4.69) is 10.6 Å². The van der Waals surface area contributed by atoms with Gasteiger partial charge in [0.25, 0.3) is 0 Å². The number of hydrogen-bond donors (Lipinski definition) is 6. The Labute approximate surface area is 181 Å². The van der Waals surface area contributed by atoms with Crippen LogP contribution in [0.1, 0.15) is 31.2 Å². The van der Waals surface area contributed by atoms with Gasteiger partial charge in [0.1, 0.15) is 17.8 Å². The minimum Gasteiger partial charge on any atom is -0.508 e. The number of phenols is 1. The van der Waals surface area contributed by atoms with Crippen molar-refractivity contribution >= 4 is 29.5 Å². The van der Waals surface area contributed by atoms with Crippen molar-refractivity contribution in [3.63, 3.8) is 0 Å². The first-order valence-electron chi connectivity index (χ1n) is 9.84. The standard InChI is InChI=1S/C20H32N4O5S/c1-30-11-9-15(22)18(26)24-17(12-13-5-7-14(25)8-6-13)19(27)23-16(20(28)29)4-2-3-10-21/h5-8,15-17,25H,2-4,9-12,21-22H2,1H3,(H,23,27)(H,24,26)(H,28,29). The Morgan fingerprint density at radius 1 is 1.03 bits per heavy atom. The average Bonchev–Trinajstić information content (AvgIpc) is 2.72. The van der Waals surface area contributed by atoms with Gasteiger partial charge in [0, 0.05) is 6.42 Å². The Morgan fingerprint density at radius 3 is 2.23 bits per heavy atom. The van der Waals surface area contributed by atoms with Crippen molar-refractivity contribution in [3.05, 3.63) is 29.8 Å². The third kappa shape index (κ3) is 9.47. The molecule has 0 radical (unpaired) electrons. The van der Waals surface area contributed by atoms with Crippen LogP contribution >= 0.6 is 11.8 Å². The Kier molecular flexibility index (Phi) is 11.9. The van der Waals surface area contributed by atoms with Crippen LogP contribution in [-0.2, 0) is 20.8 Å². The summed E-state index contributed by atoms with van der Waals surface area (Å²) in [4.78, 5) is 36.8. The molecule has 1 aromatic rings. The summed E-state index contributed by atoms with van der Waals surface area (Å²) in [5.41, 5.74) is 12.0. The Hall–Kier alpha value is -2.30. The number of carboxylic acids is 1. The van der Waals surface area contributed by atoms with Crippen molar-refractivity contribution < 1.29 is 24.6 Å². The molecule has 0 saturated carbocycles. The Balaban J connectivity index is 2.90. The van der Waals surface area contributed by atoms with E-state index in [9.17, 15) is 24.6 Å². The molecule has 168 valence electrons. The molecule has 0 fully saturated rings. The van der Waals surface area contributed by atoms with Crippen LogP contribution in [0.4, 0.5) is 0 Å². The number of amides is 2.